The average molecular weight is 316 g/mol. The summed E-state index contributed by atoms with van der Waals surface area (Å²) in [6.07, 6.45) is 2.35. The molecule has 1 atom stereocenters. The molecule has 4 heteroatoms. The van der Waals surface area contributed by atoms with E-state index in [9.17, 15) is 15.0 Å². The van der Waals surface area contributed by atoms with Gasteiger partial charge >= 0.3 is 5.97 Å². The van der Waals surface area contributed by atoms with Gasteiger partial charge in [-0.05, 0) is 46.0 Å². The van der Waals surface area contributed by atoms with Crippen molar-refractivity contribution in [2.75, 3.05) is 0 Å². The third-order valence-corrected chi connectivity index (χ3v) is 5.39. The molecule has 0 saturated heterocycles. The van der Waals surface area contributed by atoms with E-state index in [1.807, 2.05) is 48.5 Å². The van der Waals surface area contributed by atoms with Crippen molar-refractivity contribution in [2.45, 2.75) is 104 Å². The van der Waals surface area contributed by atoms with Crippen molar-refractivity contribution in [2.24, 2.45) is 5.41 Å². The average Bonchev–Trinajstić information content (AvgIpc) is 2.52. The number of ether oxygens (including phenoxy) is 1. The van der Waals surface area contributed by atoms with Crippen LogP contribution in [0, 0.1) is 5.41 Å². The lowest BCUT2D eigenvalue weighted by Gasteiger charge is -2.40. The zero-order valence-electron chi connectivity index (χ0n) is 15.5. The van der Waals surface area contributed by atoms with E-state index in [2.05, 4.69) is 0 Å². The molecule has 0 aromatic heterocycles. The van der Waals surface area contributed by atoms with Gasteiger partial charge in [-0.2, -0.15) is 0 Å². The highest BCUT2D eigenvalue weighted by Gasteiger charge is 2.43. The van der Waals surface area contributed by atoms with Crippen LogP contribution in [0.15, 0.2) is 0 Å². The van der Waals surface area contributed by atoms with E-state index in [-0.39, 0.29) is 12.4 Å². The molecule has 0 amide bonds. The van der Waals surface area contributed by atoms with Crippen LogP contribution in [0.2, 0.25) is 0 Å². The molecule has 0 aromatic carbocycles. The van der Waals surface area contributed by atoms with E-state index in [4.69, 9.17) is 4.74 Å². The first kappa shape index (κ1) is 21.4. The van der Waals surface area contributed by atoms with E-state index in [1.165, 1.54) is 0 Å². The van der Waals surface area contributed by atoms with Crippen LogP contribution in [0.1, 0.15) is 87.0 Å². The number of aliphatic hydroxyl groups is 2. The molecule has 0 saturated carbocycles. The minimum Gasteiger partial charge on any atom is -0.459 e. The van der Waals surface area contributed by atoms with Gasteiger partial charge in [-0.15, -0.1) is 0 Å². The van der Waals surface area contributed by atoms with Crippen molar-refractivity contribution >= 4 is 5.97 Å². The van der Waals surface area contributed by atoms with E-state index >= 15 is 0 Å². The Morgan fingerprint density at radius 2 is 1.36 bits per heavy atom. The van der Waals surface area contributed by atoms with E-state index in [1.54, 1.807) is 0 Å². The van der Waals surface area contributed by atoms with E-state index in [0.29, 0.717) is 32.1 Å². The summed E-state index contributed by atoms with van der Waals surface area (Å²) in [5.74, 6) is -0.310. The molecule has 0 aliphatic heterocycles. The second-order valence-electron chi connectivity index (χ2n) is 7.08. The summed E-state index contributed by atoms with van der Waals surface area (Å²) in [5, 5.41) is 21.5. The lowest BCUT2D eigenvalue weighted by atomic mass is 9.80. The Morgan fingerprint density at radius 1 is 0.909 bits per heavy atom. The molecule has 0 aliphatic carbocycles. The second-order valence-corrected chi connectivity index (χ2v) is 7.08. The maximum absolute atomic E-state index is 12.4. The number of esters is 1. The number of hydrogen-bond donors (Lipinski definition) is 2. The molecule has 0 bridgehead atoms. The molecule has 0 fully saturated rings. The van der Waals surface area contributed by atoms with E-state index in [0.717, 1.165) is 0 Å². The van der Waals surface area contributed by atoms with Crippen molar-refractivity contribution in [1.82, 2.24) is 0 Å². The van der Waals surface area contributed by atoms with Crippen molar-refractivity contribution in [3.63, 3.8) is 0 Å². The monoisotopic (exact) mass is 316 g/mol. The van der Waals surface area contributed by atoms with Crippen LogP contribution >= 0.6 is 0 Å². The molecular weight excluding hydrogens is 280 g/mol. The molecule has 2 N–H and O–H groups in total. The maximum atomic E-state index is 12.4. The Bertz CT molecular complexity index is 341. The lowest BCUT2D eigenvalue weighted by molar-refractivity contribution is -0.184. The Morgan fingerprint density at radius 3 is 1.68 bits per heavy atom. The van der Waals surface area contributed by atoms with Gasteiger partial charge in [0.25, 0.3) is 0 Å². The largest absolute Gasteiger partial charge is 0.459 e. The van der Waals surface area contributed by atoms with Gasteiger partial charge in [0, 0.05) is 6.42 Å². The highest BCUT2D eigenvalue weighted by Crippen LogP contribution is 2.34. The molecule has 0 spiro atoms. The van der Waals surface area contributed by atoms with Gasteiger partial charge in [-0.25, -0.2) is 0 Å². The van der Waals surface area contributed by atoms with Crippen LogP contribution in [0.3, 0.4) is 0 Å². The number of rotatable bonds is 10. The summed E-state index contributed by atoms with van der Waals surface area (Å²) in [6, 6.07) is 0. The highest BCUT2D eigenvalue weighted by atomic mass is 16.6. The lowest BCUT2D eigenvalue weighted by Crippen LogP contribution is -2.50. The van der Waals surface area contributed by atoms with Crippen LogP contribution in [0.25, 0.3) is 0 Å². The minimum absolute atomic E-state index is 0.268. The standard InChI is InChI=1S/C18H36O4/c1-8-16(6,7)15(19)22-14(18(21,11-4)12-5)13-17(20,9-2)10-3/h14,20-21H,8-13H2,1-7H3. The van der Waals surface area contributed by atoms with Crippen LogP contribution < -0.4 is 0 Å². The zero-order chi connectivity index (χ0) is 17.6. The molecule has 0 radical (unpaired) electrons. The van der Waals surface area contributed by atoms with Crippen molar-refractivity contribution in [3.05, 3.63) is 0 Å². The number of carbonyl (C=O) groups excluding carboxylic acids is 1. The van der Waals surface area contributed by atoms with Crippen LogP contribution in [-0.2, 0) is 9.53 Å². The quantitative estimate of drug-likeness (QED) is 0.601. The molecule has 0 aliphatic rings. The Hall–Kier alpha value is -0.610. The first-order valence-electron chi connectivity index (χ1n) is 8.69. The molecule has 132 valence electrons. The first-order valence-corrected chi connectivity index (χ1v) is 8.69. The van der Waals surface area contributed by atoms with Crippen molar-refractivity contribution < 1.29 is 19.7 Å². The molecular formula is C18H36O4. The fourth-order valence-corrected chi connectivity index (χ4v) is 2.36. The summed E-state index contributed by atoms with van der Waals surface area (Å²) >= 11 is 0. The predicted octanol–water partition coefficient (Wildman–Crippen LogP) is 3.83. The minimum atomic E-state index is -1.10. The smallest absolute Gasteiger partial charge is 0.311 e. The Balaban J connectivity index is 5.41. The SMILES string of the molecule is CCC(O)(CC)CC(OC(=O)C(C)(C)CC)C(O)(CC)CC. The third-order valence-electron chi connectivity index (χ3n) is 5.39. The zero-order valence-corrected chi connectivity index (χ0v) is 15.5. The van der Waals surface area contributed by atoms with Crippen LogP contribution in [-0.4, -0.2) is 33.5 Å². The van der Waals surface area contributed by atoms with Crippen LogP contribution in [0.5, 0.6) is 0 Å². The highest BCUT2D eigenvalue weighted by molar-refractivity contribution is 5.76. The predicted molar refractivity (Wildman–Crippen MR) is 89.6 cm³/mol. The van der Waals surface area contributed by atoms with Gasteiger partial charge in [0.05, 0.1) is 11.0 Å². The topological polar surface area (TPSA) is 66.8 Å². The van der Waals surface area contributed by atoms with Gasteiger partial charge in [-0.3, -0.25) is 4.79 Å². The normalized spacial score (nSPS) is 14.8. The van der Waals surface area contributed by atoms with E-state index < -0.39 is 22.7 Å². The summed E-state index contributed by atoms with van der Waals surface area (Å²) in [6.45, 7) is 13.2. The second kappa shape index (κ2) is 8.30. The van der Waals surface area contributed by atoms with Gasteiger partial charge in [0.1, 0.15) is 11.7 Å². The van der Waals surface area contributed by atoms with Crippen molar-refractivity contribution in [3.8, 4) is 0 Å². The third kappa shape index (κ3) is 5.24. The van der Waals surface area contributed by atoms with Crippen molar-refractivity contribution in [1.29, 1.82) is 0 Å². The van der Waals surface area contributed by atoms with Gasteiger partial charge in [-0.1, -0.05) is 34.6 Å². The summed E-state index contributed by atoms with van der Waals surface area (Å²) in [4.78, 5) is 12.4. The fourth-order valence-electron chi connectivity index (χ4n) is 2.36. The molecule has 22 heavy (non-hydrogen) atoms. The van der Waals surface area contributed by atoms with Gasteiger partial charge in [0.2, 0.25) is 0 Å². The molecule has 4 nitrogen and oxygen atoms in total. The first-order chi connectivity index (χ1) is 10.0. The van der Waals surface area contributed by atoms with Gasteiger partial charge < -0.3 is 14.9 Å². The maximum Gasteiger partial charge on any atom is 0.311 e. The molecule has 0 rings (SSSR count). The Kier molecular flexibility index (Phi) is 8.07. The summed E-state index contributed by atoms with van der Waals surface area (Å²) in [7, 11) is 0. The van der Waals surface area contributed by atoms with Crippen LogP contribution in [0.4, 0.5) is 0 Å². The number of carbonyl (C=O) groups is 1. The fraction of sp³-hybridized carbons (Fsp3) is 0.944. The number of hydrogen-bond acceptors (Lipinski definition) is 4. The molecule has 0 aromatic rings. The Labute approximate surface area is 136 Å². The summed E-state index contributed by atoms with van der Waals surface area (Å²) < 4.78 is 5.70. The summed E-state index contributed by atoms with van der Waals surface area (Å²) in [5.41, 5.74) is -2.60. The van der Waals surface area contributed by atoms with Gasteiger partial charge in [0.15, 0.2) is 0 Å². The molecule has 0 heterocycles. The molecule has 1 unspecified atom stereocenters.